The Balaban J connectivity index is 1.99. The van der Waals surface area contributed by atoms with E-state index in [9.17, 15) is 0 Å². The Labute approximate surface area is 90.1 Å². The average Bonchev–Trinajstić information content (AvgIpc) is 3.02. The molecule has 1 heterocycles. The number of nitrogens with zero attached hydrogens (tertiary/aromatic N) is 2. The maximum Gasteiger partial charge on any atom is 0.144 e. The van der Waals surface area contributed by atoms with Crippen LogP contribution in [0.25, 0.3) is 0 Å². The molecule has 0 atom stereocenters. The third kappa shape index (κ3) is 2.47. The Hall–Kier alpha value is -1.56. The molecule has 1 aliphatic rings. The van der Waals surface area contributed by atoms with Gasteiger partial charge in [-0.1, -0.05) is 12.8 Å². The molecule has 15 heavy (non-hydrogen) atoms. The van der Waals surface area contributed by atoms with Crippen molar-refractivity contribution in [1.82, 2.24) is 4.98 Å². The number of pyridine rings is 1. The summed E-state index contributed by atoms with van der Waals surface area (Å²) < 4.78 is 0. The Kier molecular flexibility index (Phi) is 2.86. The molecule has 1 aromatic heterocycles. The second-order valence-corrected chi connectivity index (χ2v) is 4.12. The maximum atomic E-state index is 8.99. The van der Waals surface area contributed by atoms with Gasteiger partial charge < -0.3 is 5.32 Å². The number of aromatic nitrogens is 1. The lowest BCUT2D eigenvalue weighted by molar-refractivity contribution is 0.758. The van der Waals surface area contributed by atoms with Crippen LogP contribution in [0.2, 0.25) is 0 Å². The number of anilines is 1. The second kappa shape index (κ2) is 4.31. The van der Waals surface area contributed by atoms with E-state index in [1.165, 1.54) is 19.3 Å². The van der Waals surface area contributed by atoms with E-state index in [0.29, 0.717) is 5.56 Å². The summed E-state index contributed by atoms with van der Waals surface area (Å²) in [6, 6.07) is 4.06. The van der Waals surface area contributed by atoms with Crippen molar-refractivity contribution in [2.24, 2.45) is 5.92 Å². The third-order valence-electron chi connectivity index (χ3n) is 2.81. The van der Waals surface area contributed by atoms with Gasteiger partial charge in [0.15, 0.2) is 0 Å². The summed E-state index contributed by atoms with van der Waals surface area (Å²) in [6.45, 7) is 2.86. The van der Waals surface area contributed by atoms with Crippen molar-refractivity contribution in [2.45, 2.75) is 26.2 Å². The van der Waals surface area contributed by atoms with Crippen LogP contribution >= 0.6 is 0 Å². The van der Waals surface area contributed by atoms with Crippen molar-refractivity contribution in [3.05, 3.63) is 23.4 Å². The molecule has 78 valence electrons. The van der Waals surface area contributed by atoms with Crippen molar-refractivity contribution in [1.29, 1.82) is 5.26 Å². The monoisotopic (exact) mass is 201 g/mol. The molecule has 0 aliphatic heterocycles. The minimum Gasteiger partial charge on any atom is -0.369 e. The van der Waals surface area contributed by atoms with Gasteiger partial charge in [0.1, 0.15) is 11.9 Å². The van der Waals surface area contributed by atoms with E-state index in [1.807, 2.05) is 13.0 Å². The summed E-state index contributed by atoms with van der Waals surface area (Å²) in [4.78, 5) is 4.19. The summed E-state index contributed by atoms with van der Waals surface area (Å²) in [5, 5.41) is 12.2. The predicted octanol–water partition coefficient (Wildman–Crippen LogP) is 2.47. The highest BCUT2D eigenvalue weighted by atomic mass is 15.0. The fourth-order valence-corrected chi connectivity index (χ4v) is 1.63. The third-order valence-corrected chi connectivity index (χ3v) is 2.81. The number of hydrogen-bond acceptors (Lipinski definition) is 3. The van der Waals surface area contributed by atoms with Crippen molar-refractivity contribution in [3.63, 3.8) is 0 Å². The highest BCUT2D eigenvalue weighted by Crippen LogP contribution is 2.32. The molecule has 0 radical (unpaired) electrons. The van der Waals surface area contributed by atoms with Crippen LogP contribution < -0.4 is 5.32 Å². The van der Waals surface area contributed by atoms with Crippen LogP contribution in [0.3, 0.4) is 0 Å². The lowest BCUT2D eigenvalue weighted by Crippen LogP contribution is -2.06. The van der Waals surface area contributed by atoms with Gasteiger partial charge in [-0.05, 0) is 30.9 Å². The standard InChI is InChI=1S/C12H15N3/c1-9-4-6-14-12(11(9)8-13)15-7-5-10-2-3-10/h4,6,10H,2-3,5,7H2,1H3,(H,14,15). The maximum absolute atomic E-state index is 8.99. The predicted molar refractivity (Wildman–Crippen MR) is 59.5 cm³/mol. The van der Waals surface area contributed by atoms with Crippen LogP contribution in [0.15, 0.2) is 12.3 Å². The highest BCUT2D eigenvalue weighted by Gasteiger charge is 2.20. The first kappa shape index (κ1) is 9.97. The molecule has 1 aromatic rings. The molecule has 1 N–H and O–H groups in total. The number of nitrogens with one attached hydrogen (secondary N) is 1. The zero-order valence-corrected chi connectivity index (χ0v) is 8.95. The van der Waals surface area contributed by atoms with Crippen molar-refractivity contribution < 1.29 is 0 Å². The largest absolute Gasteiger partial charge is 0.369 e. The number of hydrogen-bond donors (Lipinski definition) is 1. The normalized spacial score (nSPS) is 14.7. The van der Waals surface area contributed by atoms with Crippen molar-refractivity contribution in [2.75, 3.05) is 11.9 Å². The van der Waals surface area contributed by atoms with Crippen molar-refractivity contribution >= 4 is 5.82 Å². The molecule has 0 unspecified atom stereocenters. The summed E-state index contributed by atoms with van der Waals surface area (Å²) in [5.41, 5.74) is 1.66. The van der Waals surface area contributed by atoms with Gasteiger partial charge in [0.05, 0.1) is 5.56 Å². The molecule has 1 saturated carbocycles. The van der Waals surface area contributed by atoms with Gasteiger partial charge in [0.25, 0.3) is 0 Å². The van der Waals surface area contributed by atoms with Gasteiger partial charge in [0, 0.05) is 12.7 Å². The number of rotatable bonds is 4. The first-order valence-electron chi connectivity index (χ1n) is 5.41. The lowest BCUT2D eigenvalue weighted by atomic mass is 10.1. The lowest BCUT2D eigenvalue weighted by Gasteiger charge is -2.07. The van der Waals surface area contributed by atoms with Crippen LogP contribution in [0, 0.1) is 24.2 Å². The van der Waals surface area contributed by atoms with Gasteiger partial charge in [-0.3, -0.25) is 0 Å². The SMILES string of the molecule is Cc1ccnc(NCCC2CC2)c1C#N. The molecule has 2 rings (SSSR count). The first-order chi connectivity index (χ1) is 7.31. The zero-order chi connectivity index (χ0) is 10.7. The van der Waals surface area contributed by atoms with E-state index in [0.717, 1.165) is 23.8 Å². The van der Waals surface area contributed by atoms with E-state index in [-0.39, 0.29) is 0 Å². The summed E-state index contributed by atoms with van der Waals surface area (Å²) in [6.07, 6.45) is 5.68. The van der Waals surface area contributed by atoms with E-state index in [4.69, 9.17) is 5.26 Å². The van der Waals surface area contributed by atoms with Gasteiger partial charge in [0.2, 0.25) is 0 Å². The Morgan fingerprint density at radius 1 is 1.60 bits per heavy atom. The molecular weight excluding hydrogens is 186 g/mol. The van der Waals surface area contributed by atoms with E-state index in [1.54, 1.807) is 6.20 Å². The fraction of sp³-hybridized carbons (Fsp3) is 0.500. The van der Waals surface area contributed by atoms with Gasteiger partial charge in [-0.25, -0.2) is 4.98 Å². The van der Waals surface area contributed by atoms with Gasteiger partial charge in [-0.15, -0.1) is 0 Å². The molecule has 0 saturated heterocycles. The van der Waals surface area contributed by atoms with Crippen LogP contribution in [-0.4, -0.2) is 11.5 Å². The molecule has 3 nitrogen and oxygen atoms in total. The van der Waals surface area contributed by atoms with Crippen LogP contribution in [0.4, 0.5) is 5.82 Å². The first-order valence-corrected chi connectivity index (χ1v) is 5.41. The molecule has 0 spiro atoms. The Morgan fingerprint density at radius 2 is 2.40 bits per heavy atom. The fourth-order valence-electron chi connectivity index (χ4n) is 1.63. The molecule has 0 amide bonds. The topological polar surface area (TPSA) is 48.7 Å². The van der Waals surface area contributed by atoms with Crippen LogP contribution in [-0.2, 0) is 0 Å². The Bertz CT molecular complexity index is 388. The Morgan fingerprint density at radius 3 is 3.07 bits per heavy atom. The van der Waals surface area contributed by atoms with E-state index in [2.05, 4.69) is 16.4 Å². The minimum atomic E-state index is 0.674. The number of nitriles is 1. The number of aryl methyl sites for hydroxylation is 1. The zero-order valence-electron chi connectivity index (χ0n) is 8.95. The minimum absolute atomic E-state index is 0.674. The molecular formula is C12H15N3. The van der Waals surface area contributed by atoms with Crippen LogP contribution in [0.1, 0.15) is 30.4 Å². The summed E-state index contributed by atoms with van der Waals surface area (Å²) >= 11 is 0. The molecule has 0 bridgehead atoms. The average molecular weight is 201 g/mol. The molecule has 3 heteroatoms. The van der Waals surface area contributed by atoms with Crippen molar-refractivity contribution in [3.8, 4) is 6.07 Å². The summed E-state index contributed by atoms with van der Waals surface area (Å²) in [5.74, 6) is 1.64. The molecule has 1 fully saturated rings. The second-order valence-electron chi connectivity index (χ2n) is 4.12. The summed E-state index contributed by atoms with van der Waals surface area (Å²) in [7, 11) is 0. The quantitative estimate of drug-likeness (QED) is 0.814. The van der Waals surface area contributed by atoms with Crippen LogP contribution in [0.5, 0.6) is 0 Å². The smallest absolute Gasteiger partial charge is 0.144 e. The van der Waals surface area contributed by atoms with E-state index < -0.39 is 0 Å². The highest BCUT2D eigenvalue weighted by molar-refractivity contribution is 5.55. The van der Waals surface area contributed by atoms with E-state index >= 15 is 0 Å². The molecule has 1 aliphatic carbocycles. The van der Waals surface area contributed by atoms with Gasteiger partial charge in [-0.2, -0.15) is 5.26 Å². The molecule has 0 aromatic carbocycles. The van der Waals surface area contributed by atoms with Gasteiger partial charge >= 0.3 is 0 Å².